The first-order chi connectivity index (χ1) is 16.5. The highest BCUT2D eigenvalue weighted by molar-refractivity contribution is 7.92. The third-order valence-electron chi connectivity index (χ3n) is 5.25. The molecule has 0 aliphatic carbocycles. The molecule has 0 aliphatic rings. The smallest absolute Gasteiger partial charge is 0.271 e. The maximum Gasteiger partial charge on any atom is 0.271 e. The number of likely N-dealkylation sites (N-methyl/N-ethyl adjacent to an activating group) is 1. The number of sulfonamides is 1. The van der Waals surface area contributed by atoms with Gasteiger partial charge in [0, 0.05) is 25.2 Å². The van der Waals surface area contributed by atoms with Gasteiger partial charge in [0.25, 0.3) is 5.69 Å². The molecule has 0 radical (unpaired) electrons. The molecule has 0 fully saturated rings. The molecule has 2 aromatic rings. The van der Waals surface area contributed by atoms with Crippen molar-refractivity contribution < 1.29 is 27.7 Å². The minimum atomic E-state index is -4.07. The second-order valence-electron chi connectivity index (χ2n) is 7.71. The van der Waals surface area contributed by atoms with E-state index >= 15 is 0 Å². The van der Waals surface area contributed by atoms with Crippen molar-refractivity contribution in [3.05, 3.63) is 64.2 Å². The average Bonchev–Trinajstić information content (AvgIpc) is 2.81. The van der Waals surface area contributed by atoms with Gasteiger partial charge in [-0.15, -0.1) is 0 Å². The van der Waals surface area contributed by atoms with E-state index in [0.29, 0.717) is 13.0 Å². The molecule has 2 rings (SSSR count). The van der Waals surface area contributed by atoms with Gasteiger partial charge < -0.3 is 15.0 Å². The van der Waals surface area contributed by atoms with E-state index in [4.69, 9.17) is 4.74 Å². The standard InChI is InChI=1S/C23H30N4O7S/c1-5-19(23(29)24-6-2)25(15-17-10-8-7-9-11-17)22(28)16-26(35(4,32)33)20-14-18(27(30)31)12-13-21(20)34-3/h7-14,19H,5-6,15-16H2,1-4H3,(H,24,29)/t19-/m1/s1. The van der Waals surface area contributed by atoms with Crippen molar-refractivity contribution in [2.24, 2.45) is 0 Å². The summed E-state index contributed by atoms with van der Waals surface area (Å²) in [5, 5.41) is 14.0. The minimum Gasteiger partial charge on any atom is -0.495 e. The van der Waals surface area contributed by atoms with Gasteiger partial charge >= 0.3 is 0 Å². The van der Waals surface area contributed by atoms with Gasteiger partial charge in [-0.25, -0.2) is 8.42 Å². The van der Waals surface area contributed by atoms with Crippen molar-refractivity contribution in [2.45, 2.75) is 32.9 Å². The Morgan fingerprint density at radius 1 is 1.14 bits per heavy atom. The van der Waals surface area contributed by atoms with Crippen LogP contribution in [0.2, 0.25) is 0 Å². The maximum absolute atomic E-state index is 13.6. The second kappa shape index (κ2) is 12.2. The van der Waals surface area contributed by atoms with Crippen LogP contribution in [0.5, 0.6) is 5.75 Å². The number of benzene rings is 2. The molecular formula is C23H30N4O7S. The van der Waals surface area contributed by atoms with E-state index < -0.39 is 33.4 Å². The summed E-state index contributed by atoms with van der Waals surface area (Å²) in [6.07, 6.45) is 1.19. The Balaban J connectivity index is 2.53. The number of nitro benzene ring substituents is 1. The van der Waals surface area contributed by atoms with E-state index in [1.165, 1.54) is 24.1 Å². The van der Waals surface area contributed by atoms with Crippen molar-refractivity contribution in [1.29, 1.82) is 0 Å². The molecule has 35 heavy (non-hydrogen) atoms. The van der Waals surface area contributed by atoms with Crippen molar-refractivity contribution >= 4 is 33.2 Å². The highest BCUT2D eigenvalue weighted by Gasteiger charge is 2.33. The number of carbonyl (C=O) groups excluding carboxylic acids is 2. The molecule has 1 atom stereocenters. The number of anilines is 1. The second-order valence-corrected chi connectivity index (χ2v) is 9.62. The first kappa shape index (κ1) is 27.6. The lowest BCUT2D eigenvalue weighted by molar-refractivity contribution is -0.384. The van der Waals surface area contributed by atoms with Gasteiger partial charge in [0.05, 0.1) is 18.3 Å². The Morgan fingerprint density at radius 3 is 2.31 bits per heavy atom. The summed E-state index contributed by atoms with van der Waals surface area (Å²) >= 11 is 0. The summed E-state index contributed by atoms with van der Waals surface area (Å²) < 4.78 is 31.4. The monoisotopic (exact) mass is 506 g/mol. The molecule has 11 nitrogen and oxygen atoms in total. The van der Waals surface area contributed by atoms with Crippen molar-refractivity contribution in [3.8, 4) is 5.75 Å². The number of hydrogen-bond acceptors (Lipinski definition) is 7. The number of ether oxygens (including phenoxy) is 1. The van der Waals surface area contributed by atoms with E-state index in [2.05, 4.69) is 5.32 Å². The lowest BCUT2D eigenvalue weighted by Crippen LogP contribution is -2.52. The first-order valence-electron chi connectivity index (χ1n) is 10.9. The average molecular weight is 507 g/mol. The summed E-state index contributed by atoms with van der Waals surface area (Å²) in [5.41, 5.74) is 0.238. The molecule has 1 N–H and O–H groups in total. The number of nitrogens with zero attached hydrogens (tertiary/aromatic N) is 3. The van der Waals surface area contributed by atoms with Crippen LogP contribution in [0.25, 0.3) is 0 Å². The fraction of sp³-hybridized carbons (Fsp3) is 0.391. The summed E-state index contributed by atoms with van der Waals surface area (Å²) in [7, 11) is -2.79. The van der Waals surface area contributed by atoms with Crippen LogP contribution in [-0.4, -0.2) is 62.6 Å². The Hall–Kier alpha value is -3.67. The van der Waals surface area contributed by atoms with Crippen LogP contribution in [0.3, 0.4) is 0 Å². The van der Waals surface area contributed by atoms with E-state index in [0.717, 1.165) is 22.2 Å². The molecule has 0 aliphatic heterocycles. The summed E-state index contributed by atoms with van der Waals surface area (Å²) in [6, 6.07) is 11.6. The quantitative estimate of drug-likeness (QED) is 0.344. The Bertz CT molecular complexity index is 1160. The lowest BCUT2D eigenvalue weighted by Gasteiger charge is -2.33. The van der Waals surface area contributed by atoms with Crippen LogP contribution in [-0.2, 0) is 26.2 Å². The number of amides is 2. The molecule has 0 saturated heterocycles. The highest BCUT2D eigenvalue weighted by Crippen LogP contribution is 2.34. The minimum absolute atomic E-state index is 0.0409. The number of non-ortho nitro benzene ring substituents is 1. The van der Waals surface area contributed by atoms with Crippen LogP contribution < -0.4 is 14.4 Å². The zero-order valence-corrected chi connectivity index (χ0v) is 20.9. The Labute approximate surface area is 204 Å². The highest BCUT2D eigenvalue weighted by atomic mass is 32.2. The largest absolute Gasteiger partial charge is 0.495 e. The van der Waals surface area contributed by atoms with E-state index in [-0.39, 0.29) is 29.6 Å². The predicted molar refractivity (Wildman–Crippen MR) is 132 cm³/mol. The maximum atomic E-state index is 13.6. The first-order valence-corrected chi connectivity index (χ1v) is 12.8. The zero-order chi connectivity index (χ0) is 26.2. The van der Waals surface area contributed by atoms with Crippen LogP contribution in [0.15, 0.2) is 48.5 Å². The van der Waals surface area contributed by atoms with Crippen molar-refractivity contribution in [1.82, 2.24) is 10.2 Å². The number of nitrogens with one attached hydrogen (secondary N) is 1. The van der Waals surface area contributed by atoms with Crippen molar-refractivity contribution in [2.75, 3.05) is 30.8 Å². The molecule has 0 heterocycles. The van der Waals surface area contributed by atoms with Crippen LogP contribution >= 0.6 is 0 Å². The van der Waals surface area contributed by atoms with Gasteiger partial charge in [-0.05, 0) is 25.0 Å². The molecule has 0 saturated carbocycles. The van der Waals surface area contributed by atoms with E-state index in [1.54, 1.807) is 38.1 Å². The topological polar surface area (TPSA) is 139 Å². The third kappa shape index (κ3) is 7.15. The van der Waals surface area contributed by atoms with E-state index in [9.17, 15) is 28.1 Å². The lowest BCUT2D eigenvalue weighted by atomic mass is 10.1. The van der Waals surface area contributed by atoms with Gasteiger partial charge in [0.2, 0.25) is 21.8 Å². The summed E-state index contributed by atoms with van der Waals surface area (Å²) in [5.74, 6) is -0.969. The molecule has 0 bridgehead atoms. The van der Waals surface area contributed by atoms with Crippen LogP contribution in [0, 0.1) is 10.1 Å². The van der Waals surface area contributed by atoms with Gasteiger partial charge in [-0.1, -0.05) is 37.3 Å². The molecular weight excluding hydrogens is 476 g/mol. The number of nitro groups is 1. The molecule has 2 aromatic carbocycles. The molecule has 0 spiro atoms. The van der Waals surface area contributed by atoms with Gasteiger partial charge in [0.15, 0.2) is 0 Å². The van der Waals surface area contributed by atoms with Crippen LogP contribution in [0.4, 0.5) is 11.4 Å². The number of methoxy groups -OCH3 is 1. The molecule has 0 unspecified atom stereocenters. The third-order valence-corrected chi connectivity index (χ3v) is 6.38. The fourth-order valence-corrected chi connectivity index (χ4v) is 4.42. The van der Waals surface area contributed by atoms with Crippen molar-refractivity contribution in [3.63, 3.8) is 0 Å². The normalized spacial score (nSPS) is 11.9. The number of hydrogen-bond donors (Lipinski definition) is 1. The zero-order valence-electron chi connectivity index (χ0n) is 20.1. The van der Waals surface area contributed by atoms with E-state index in [1.807, 2.05) is 6.07 Å². The SMILES string of the molecule is CCNC(=O)[C@@H](CC)N(Cc1ccccc1)C(=O)CN(c1cc([N+](=O)[O-])ccc1OC)S(C)(=O)=O. The number of rotatable bonds is 12. The Kier molecular flexibility index (Phi) is 9.58. The predicted octanol–water partition coefficient (Wildman–Crippen LogP) is 2.31. The number of carbonyl (C=O) groups is 2. The molecule has 190 valence electrons. The van der Waals surface area contributed by atoms with Gasteiger partial charge in [0.1, 0.15) is 24.0 Å². The summed E-state index contributed by atoms with van der Waals surface area (Å²) in [4.78, 5) is 38.3. The summed E-state index contributed by atoms with van der Waals surface area (Å²) in [6.45, 7) is 3.26. The van der Waals surface area contributed by atoms with Gasteiger partial charge in [-0.3, -0.25) is 24.0 Å². The Morgan fingerprint density at radius 2 is 1.80 bits per heavy atom. The van der Waals surface area contributed by atoms with Crippen LogP contribution in [0.1, 0.15) is 25.8 Å². The molecule has 2 amide bonds. The molecule has 0 aromatic heterocycles. The van der Waals surface area contributed by atoms with Gasteiger partial charge in [-0.2, -0.15) is 0 Å². The molecule has 12 heteroatoms. The fourth-order valence-electron chi connectivity index (χ4n) is 3.57.